The van der Waals surface area contributed by atoms with Crippen molar-refractivity contribution in [2.75, 3.05) is 6.54 Å². The quantitative estimate of drug-likeness (QED) is 0.611. The van der Waals surface area contributed by atoms with E-state index in [1.807, 2.05) is 37.3 Å². The monoisotopic (exact) mass is 346 g/mol. The van der Waals surface area contributed by atoms with E-state index in [1.54, 1.807) is 0 Å². The van der Waals surface area contributed by atoms with Crippen LogP contribution >= 0.6 is 0 Å². The van der Waals surface area contributed by atoms with Crippen LogP contribution in [0.3, 0.4) is 0 Å². The molecule has 1 aromatic carbocycles. The van der Waals surface area contributed by atoms with Crippen LogP contribution in [0.25, 0.3) is 0 Å². The Bertz CT molecular complexity index is 758. The van der Waals surface area contributed by atoms with Crippen molar-refractivity contribution in [2.45, 2.75) is 32.9 Å². The summed E-state index contributed by atoms with van der Waals surface area (Å²) in [4.78, 5) is 25.2. The minimum Gasteiger partial charge on any atom is -0.391 e. The second kappa shape index (κ2) is 7.89. The lowest BCUT2D eigenvalue weighted by atomic mass is 10.1. The van der Waals surface area contributed by atoms with Gasteiger partial charge in [-0.2, -0.15) is 5.10 Å². The van der Waals surface area contributed by atoms with Crippen molar-refractivity contribution in [3.63, 3.8) is 0 Å². The first-order valence-corrected chi connectivity index (χ1v) is 8.04. The van der Waals surface area contributed by atoms with Crippen molar-refractivity contribution < 1.29 is 14.8 Å². The van der Waals surface area contributed by atoms with Gasteiger partial charge in [0.15, 0.2) is 0 Å². The van der Waals surface area contributed by atoms with E-state index in [1.165, 1.54) is 23.6 Å². The van der Waals surface area contributed by atoms with Gasteiger partial charge in [0.2, 0.25) is 5.69 Å². The zero-order chi connectivity index (χ0) is 18.6. The maximum absolute atomic E-state index is 13.0. The van der Waals surface area contributed by atoms with Gasteiger partial charge in [0.25, 0.3) is 5.91 Å². The molecule has 0 aliphatic carbocycles. The Balaban J connectivity index is 2.40. The second-order valence-corrected chi connectivity index (χ2v) is 5.90. The molecule has 0 aliphatic heterocycles. The van der Waals surface area contributed by atoms with Crippen LogP contribution in [-0.2, 0) is 13.6 Å². The number of nitrogens with zero attached hydrogens (tertiary/aromatic N) is 4. The molecular formula is C17H22N4O4. The molecule has 0 radical (unpaired) electrons. The Morgan fingerprint density at radius 2 is 2.04 bits per heavy atom. The number of carbonyl (C=O) groups excluding carboxylic acids is 1. The number of hydrogen-bond donors (Lipinski definition) is 1. The van der Waals surface area contributed by atoms with E-state index in [4.69, 9.17) is 0 Å². The molecule has 25 heavy (non-hydrogen) atoms. The smallest absolute Gasteiger partial charge is 0.322 e. The Hall–Kier alpha value is -2.74. The molecule has 134 valence electrons. The number of nitro groups is 1. The van der Waals surface area contributed by atoms with Crippen LogP contribution in [0.1, 0.15) is 35.1 Å². The molecule has 2 rings (SSSR count). The number of carbonyl (C=O) groups is 1. The molecule has 0 aliphatic rings. The van der Waals surface area contributed by atoms with E-state index < -0.39 is 16.9 Å². The van der Waals surface area contributed by atoms with Gasteiger partial charge in [-0.3, -0.25) is 19.6 Å². The summed E-state index contributed by atoms with van der Waals surface area (Å²) in [6.45, 7) is 3.65. The Labute approximate surface area is 145 Å². The van der Waals surface area contributed by atoms with E-state index in [2.05, 4.69) is 5.10 Å². The van der Waals surface area contributed by atoms with Gasteiger partial charge in [-0.05, 0) is 18.9 Å². The van der Waals surface area contributed by atoms with Crippen molar-refractivity contribution in [2.24, 2.45) is 7.05 Å². The van der Waals surface area contributed by atoms with E-state index >= 15 is 0 Å². The molecule has 1 amide bonds. The standard InChI is InChI=1S/C17H22N4O4/c1-4-14(22)11-20(10-13-8-6-5-7-9-13)17(23)16-15(21(24)25)12(2)18-19(16)3/h5-9,14,22H,4,10-11H2,1-3H3. The first-order chi connectivity index (χ1) is 11.8. The van der Waals surface area contributed by atoms with Crippen LogP contribution in [0.4, 0.5) is 5.69 Å². The fraction of sp³-hybridized carbons (Fsp3) is 0.412. The van der Waals surface area contributed by atoms with E-state index in [-0.39, 0.29) is 30.2 Å². The first kappa shape index (κ1) is 18.6. The van der Waals surface area contributed by atoms with Crippen molar-refractivity contribution in [1.29, 1.82) is 0 Å². The minimum absolute atomic E-state index is 0.0817. The van der Waals surface area contributed by atoms with Gasteiger partial charge in [-0.1, -0.05) is 37.3 Å². The number of aliphatic hydroxyl groups excluding tert-OH is 1. The average Bonchev–Trinajstić information content (AvgIpc) is 2.88. The molecule has 0 fully saturated rings. The van der Waals surface area contributed by atoms with Crippen LogP contribution in [0.2, 0.25) is 0 Å². The minimum atomic E-state index is -0.707. The summed E-state index contributed by atoms with van der Waals surface area (Å²) in [7, 11) is 1.50. The van der Waals surface area contributed by atoms with Crippen LogP contribution < -0.4 is 0 Å². The van der Waals surface area contributed by atoms with E-state index in [0.29, 0.717) is 6.42 Å². The van der Waals surface area contributed by atoms with Gasteiger partial charge < -0.3 is 10.0 Å². The highest BCUT2D eigenvalue weighted by Crippen LogP contribution is 2.24. The lowest BCUT2D eigenvalue weighted by Gasteiger charge is -2.25. The highest BCUT2D eigenvalue weighted by Gasteiger charge is 2.32. The predicted molar refractivity (Wildman–Crippen MR) is 92.1 cm³/mol. The molecule has 1 heterocycles. The molecule has 1 aromatic heterocycles. The van der Waals surface area contributed by atoms with Crippen molar-refractivity contribution in [3.8, 4) is 0 Å². The maximum atomic E-state index is 13.0. The first-order valence-electron chi connectivity index (χ1n) is 8.04. The van der Waals surface area contributed by atoms with Crippen LogP contribution in [-0.4, -0.2) is 43.3 Å². The summed E-state index contributed by atoms with van der Waals surface area (Å²) in [6.07, 6.45) is -0.230. The molecule has 1 atom stereocenters. The summed E-state index contributed by atoms with van der Waals surface area (Å²) in [5, 5.41) is 25.4. The maximum Gasteiger partial charge on any atom is 0.322 e. The highest BCUT2D eigenvalue weighted by atomic mass is 16.6. The average molecular weight is 346 g/mol. The molecule has 1 unspecified atom stereocenters. The zero-order valence-corrected chi connectivity index (χ0v) is 14.5. The topological polar surface area (TPSA) is 102 Å². The molecular weight excluding hydrogens is 324 g/mol. The number of aryl methyl sites for hydroxylation is 2. The van der Waals surface area contributed by atoms with Gasteiger partial charge in [-0.15, -0.1) is 0 Å². The van der Waals surface area contributed by atoms with Crippen LogP contribution in [0, 0.1) is 17.0 Å². The number of amides is 1. The van der Waals surface area contributed by atoms with Crippen molar-refractivity contribution in [1.82, 2.24) is 14.7 Å². The summed E-state index contributed by atoms with van der Waals surface area (Å²) in [6, 6.07) is 9.30. The molecule has 2 aromatic rings. The van der Waals surface area contributed by atoms with Gasteiger partial charge in [0.1, 0.15) is 5.69 Å². The van der Waals surface area contributed by atoms with Crippen LogP contribution in [0.5, 0.6) is 0 Å². The largest absolute Gasteiger partial charge is 0.391 e. The molecule has 0 saturated heterocycles. The van der Waals surface area contributed by atoms with E-state index in [0.717, 1.165) is 5.56 Å². The second-order valence-electron chi connectivity index (χ2n) is 5.90. The van der Waals surface area contributed by atoms with Gasteiger partial charge >= 0.3 is 5.69 Å². The zero-order valence-electron chi connectivity index (χ0n) is 14.5. The number of hydrogen-bond acceptors (Lipinski definition) is 5. The number of aromatic nitrogens is 2. The van der Waals surface area contributed by atoms with Gasteiger partial charge in [-0.25, -0.2) is 0 Å². The van der Waals surface area contributed by atoms with Crippen molar-refractivity contribution in [3.05, 3.63) is 57.4 Å². The summed E-state index contributed by atoms with van der Waals surface area (Å²) in [5.74, 6) is -0.522. The molecule has 8 nitrogen and oxygen atoms in total. The van der Waals surface area contributed by atoms with Crippen LogP contribution in [0.15, 0.2) is 30.3 Å². The fourth-order valence-electron chi connectivity index (χ4n) is 2.66. The highest BCUT2D eigenvalue weighted by molar-refractivity contribution is 5.97. The molecule has 0 saturated carbocycles. The Morgan fingerprint density at radius 1 is 1.40 bits per heavy atom. The van der Waals surface area contributed by atoms with E-state index in [9.17, 15) is 20.0 Å². The summed E-state index contributed by atoms with van der Waals surface area (Å²) >= 11 is 0. The van der Waals surface area contributed by atoms with Gasteiger partial charge in [0.05, 0.1) is 11.0 Å². The molecule has 0 spiro atoms. The molecule has 0 bridgehead atoms. The third-order valence-electron chi connectivity index (χ3n) is 3.98. The van der Waals surface area contributed by atoms with Gasteiger partial charge in [0, 0.05) is 20.1 Å². The third kappa shape index (κ3) is 4.21. The lowest BCUT2D eigenvalue weighted by Crippen LogP contribution is -2.38. The number of benzene rings is 1. The number of rotatable bonds is 7. The normalized spacial score (nSPS) is 12.0. The fourth-order valence-corrected chi connectivity index (χ4v) is 2.66. The third-order valence-corrected chi connectivity index (χ3v) is 3.98. The predicted octanol–water partition coefficient (Wildman–Crippen LogP) is 2.05. The van der Waals surface area contributed by atoms with Crippen molar-refractivity contribution >= 4 is 11.6 Å². The summed E-state index contributed by atoms with van der Waals surface area (Å²) in [5.41, 5.74) is 0.686. The molecule has 8 heteroatoms. The summed E-state index contributed by atoms with van der Waals surface area (Å²) < 4.78 is 1.23. The number of aliphatic hydroxyl groups is 1. The molecule has 1 N–H and O–H groups in total. The Kier molecular flexibility index (Phi) is 5.87. The Morgan fingerprint density at radius 3 is 2.60 bits per heavy atom. The SMILES string of the molecule is CCC(O)CN(Cc1ccccc1)C(=O)c1c([N+](=O)[O-])c(C)nn1C. The lowest BCUT2D eigenvalue weighted by molar-refractivity contribution is -0.385.